The average molecular weight is 261 g/mol. The van der Waals surface area contributed by atoms with Crippen LogP contribution >= 0.6 is 0 Å². The first-order valence-corrected chi connectivity index (χ1v) is 6.16. The van der Waals surface area contributed by atoms with Crippen LogP contribution in [0.15, 0.2) is 48.7 Å². The predicted octanol–water partition coefficient (Wildman–Crippen LogP) is -0.514. The molecular weight excluding hydrogens is 244 g/mol. The fourth-order valence-electron chi connectivity index (χ4n) is 2.22. The summed E-state index contributed by atoms with van der Waals surface area (Å²) in [5, 5.41) is 0. The molecule has 18 heavy (non-hydrogen) atoms. The van der Waals surface area contributed by atoms with E-state index in [-0.39, 0.29) is 12.4 Å². The molecule has 1 fully saturated rings. The Morgan fingerprint density at radius 2 is 1.83 bits per heavy atom. The van der Waals surface area contributed by atoms with Crippen LogP contribution in [0.1, 0.15) is 30.0 Å². The van der Waals surface area contributed by atoms with E-state index >= 15 is 0 Å². The maximum absolute atomic E-state index is 5.87. The number of nitrogens with zero attached hydrogens (tertiary/aromatic N) is 1. The van der Waals surface area contributed by atoms with E-state index < -0.39 is 0 Å². The summed E-state index contributed by atoms with van der Waals surface area (Å²) in [6.07, 6.45) is 4.71. The molecule has 0 aliphatic heterocycles. The van der Waals surface area contributed by atoms with E-state index in [1.807, 2.05) is 6.07 Å². The quantitative estimate of drug-likeness (QED) is 0.740. The fourth-order valence-corrected chi connectivity index (χ4v) is 2.22. The standard InChI is InChI=1S/C15H16N2.ClH/c16-14-8-9-17(15(10-14)13-6-7-13)11-12-4-2-1-3-5-12;/h1-5,8-10,13,16H,6-7,11H2;1H. The second kappa shape index (κ2) is 5.40. The Hall–Kier alpha value is -1.54. The molecule has 94 valence electrons. The Labute approximate surface area is 114 Å². The molecule has 0 unspecified atom stereocenters. The third kappa shape index (κ3) is 2.82. The molecule has 2 N–H and O–H groups in total. The van der Waals surface area contributed by atoms with Crippen LogP contribution in [0.4, 0.5) is 5.69 Å². The van der Waals surface area contributed by atoms with Crippen LogP contribution < -0.4 is 22.7 Å². The zero-order chi connectivity index (χ0) is 11.7. The lowest BCUT2D eigenvalue weighted by molar-refractivity contribution is -0.695. The van der Waals surface area contributed by atoms with Crippen LogP contribution in [0.3, 0.4) is 0 Å². The molecule has 0 bridgehead atoms. The average Bonchev–Trinajstić information content (AvgIpc) is 3.17. The number of hydrogen-bond donors (Lipinski definition) is 1. The number of benzene rings is 1. The zero-order valence-corrected chi connectivity index (χ0v) is 11.0. The van der Waals surface area contributed by atoms with Crippen molar-refractivity contribution in [3.05, 3.63) is 59.9 Å². The molecule has 1 heterocycles. The Balaban J connectivity index is 0.00000120. The minimum Gasteiger partial charge on any atom is -1.00 e. The third-order valence-electron chi connectivity index (χ3n) is 3.28. The number of nitrogens with two attached hydrogens (primary N) is 1. The van der Waals surface area contributed by atoms with Crippen molar-refractivity contribution in [3.8, 4) is 0 Å². The van der Waals surface area contributed by atoms with Gasteiger partial charge in [0.1, 0.15) is 0 Å². The van der Waals surface area contributed by atoms with Crippen molar-refractivity contribution in [1.29, 1.82) is 0 Å². The zero-order valence-electron chi connectivity index (χ0n) is 10.2. The second-order valence-electron chi connectivity index (χ2n) is 4.77. The van der Waals surface area contributed by atoms with Crippen LogP contribution in [-0.4, -0.2) is 0 Å². The smallest absolute Gasteiger partial charge is 0.186 e. The normalized spacial score (nSPS) is 14.0. The summed E-state index contributed by atoms with van der Waals surface area (Å²) >= 11 is 0. The molecule has 1 aliphatic carbocycles. The van der Waals surface area contributed by atoms with Gasteiger partial charge in [0.05, 0.1) is 0 Å². The van der Waals surface area contributed by atoms with E-state index in [1.165, 1.54) is 24.1 Å². The van der Waals surface area contributed by atoms with Crippen molar-refractivity contribution >= 4 is 5.69 Å². The lowest BCUT2D eigenvalue weighted by Crippen LogP contribution is -3.00. The van der Waals surface area contributed by atoms with E-state index in [9.17, 15) is 0 Å². The molecule has 1 saturated carbocycles. The van der Waals surface area contributed by atoms with Gasteiger partial charge >= 0.3 is 0 Å². The lowest BCUT2D eigenvalue weighted by atomic mass is 10.2. The molecule has 0 radical (unpaired) electrons. The summed E-state index contributed by atoms with van der Waals surface area (Å²) in [5.74, 6) is 0.724. The molecule has 1 aromatic heterocycles. The number of aromatic nitrogens is 1. The van der Waals surface area contributed by atoms with Crippen molar-refractivity contribution < 1.29 is 17.0 Å². The van der Waals surface area contributed by atoms with Gasteiger partial charge in [-0.3, -0.25) is 0 Å². The molecule has 3 heteroatoms. The number of pyridine rings is 1. The van der Waals surface area contributed by atoms with Gasteiger partial charge in [-0.2, -0.15) is 4.57 Å². The van der Waals surface area contributed by atoms with E-state index in [0.717, 1.165) is 18.2 Å². The lowest BCUT2D eigenvalue weighted by Gasteiger charge is -2.04. The van der Waals surface area contributed by atoms with Gasteiger partial charge < -0.3 is 18.1 Å². The van der Waals surface area contributed by atoms with Crippen molar-refractivity contribution in [2.75, 3.05) is 5.73 Å². The molecule has 0 amide bonds. The molecule has 0 saturated heterocycles. The van der Waals surface area contributed by atoms with Gasteiger partial charge in [0.15, 0.2) is 18.4 Å². The highest BCUT2D eigenvalue weighted by Crippen LogP contribution is 2.38. The van der Waals surface area contributed by atoms with E-state index in [2.05, 4.69) is 47.2 Å². The highest BCUT2D eigenvalue weighted by molar-refractivity contribution is 5.37. The topological polar surface area (TPSA) is 29.9 Å². The maximum atomic E-state index is 5.87. The Morgan fingerprint density at radius 3 is 2.50 bits per heavy atom. The third-order valence-corrected chi connectivity index (χ3v) is 3.28. The first-order chi connectivity index (χ1) is 8.33. The highest BCUT2D eigenvalue weighted by atomic mass is 35.5. The molecule has 2 nitrogen and oxygen atoms in total. The second-order valence-corrected chi connectivity index (χ2v) is 4.77. The van der Waals surface area contributed by atoms with Gasteiger partial charge in [-0.15, -0.1) is 0 Å². The molecule has 1 aliphatic rings. The first kappa shape index (κ1) is 12.9. The summed E-state index contributed by atoms with van der Waals surface area (Å²) in [6.45, 7) is 0.937. The molecule has 1 aromatic carbocycles. The van der Waals surface area contributed by atoms with Gasteiger partial charge in [0.2, 0.25) is 0 Å². The summed E-state index contributed by atoms with van der Waals surface area (Å²) in [7, 11) is 0. The maximum Gasteiger partial charge on any atom is 0.186 e. The van der Waals surface area contributed by atoms with E-state index in [4.69, 9.17) is 5.73 Å². The van der Waals surface area contributed by atoms with Crippen molar-refractivity contribution in [2.45, 2.75) is 25.3 Å². The van der Waals surface area contributed by atoms with Gasteiger partial charge in [0, 0.05) is 29.3 Å². The molecule has 0 atom stereocenters. The van der Waals surface area contributed by atoms with Crippen molar-refractivity contribution in [2.24, 2.45) is 0 Å². The Kier molecular flexibility index (Phi) is 3.87. The van der Waals surface area contributed by atoms with Gasteiger partial charge in [-0.05, 0) is 12.8 Å². The van der Waals surface area contributed by atoms with E-state index in [1.54, 1.807) is 0 Å². The van der Waals surface area contributed by atoms with Crippen LogP contribution in [0.5, 0.6) is 0 Å². The van der Waals surface area contributed by atoms with Crippen LogP contribution in [0, 0.1) is 0 Å². The van der Waals surface area contributed by atoms with Crippen LogP contribution in [0.2, 0.25) is 0 Å². The summed E-state index contributed by atoms with van der Waals surface area (Å²) in [4.78, 5) is 0. The summed E-state index contributed by atoms with van der Waals surface area (Å²) in [5.41, 5.74) is 9.46. The highest BCUT2D eigenvalue weighted by Gasteiger charge is 2.32. The van der Waals surface area contributed by atoms with Crippen molar-refractivity contribution in [3.63, 3.8) is 0 Å². The van der Waals surface area contributed by atoms with E-state index in [0.29, 0.717) is 0 Å². The Bertz CT molecular complexity index is 521. The number of hydrogen-bond acceptors (Lipinski definition) is 1. The van der Waals surface area contributed by atoms with Crippen molar-refractivity contribution in [1.82, 2.24) is 0 Å². The number of nitrogen functional groups attached to an aromatic ring is 1. The molecule has 3 rings (SSSR count). The SMILES string of the molecule is Nc1cc[n+](Cc2ccccc2)c(C2CC2)c1.[Cl-]. The Morgan fingerprint density at radius 1 is 1.11 bits per heavy atom. The number of halogens is 1. The first-order valence-electron chi connectivity index (χ1n) is 6.16. The van der Waals surface area contributed by atoms with Gasteiger partial charge in [-0.25, -0.2) is 0 Å². The van der Waals surface area contributed by atoms with Gasteiger partial charge in [0.25, 0.3) is 0 Å². The molecule has 0 spiro atoms. The van der Waals surface area contributed by atoms with Gasteiger partial charge in [-0.1, -0.05) is 30.3 Å². The fraction of sp³-hybridized carbons (Fsp3) is 0.267. The minimum absolute atomic E-state index is 0. The monoisotopic (exact) mass is 260 g/mol. The minimum atomic E-state index is 0. The summed E-state index contributed by atoms with van der Waals surface area (Å²) < 4.78 is 2.32. The molecular formula is C15H17ClN2. The number of rotatable bonds is 3. The molecule has 2 aromatic rings. The summed E-state index contributed by atoms with van der Waals surface area (Å²) in [6, 6.07) is 14.7. The van der Waals surface area contributed by atoms with Crippen LogP contribution in [-0.2, 0) is 6.54 Å². The van der Waals surface area contributed by atoms with Crippen LogP contribution in [0.25, 0.3) is 0 Å². The number of anilines is 1. The largest absolute Gasteiger partial charge is 1.00 e. The predicted molar refractivity (Wildman–Crippen MR) is 68.6 cm³/mol.